The lowest BCUT2D eigenvalue weighted by Gasteiger charge is -2.21. The normalized spacial score (nSPS) is 14.7. The number of dihydropyridines is 1. The molecule has 1 unspecified atom stereocenters. The monoisotopic (exact) mass is 414 g/mol. The van der Waals surface area contributed by atoms with E-state index >= 15 is 0 Å². The molecule has 0 bridgehead atoms. The van der Waals surface area contributed by atoms with Crippen LogP contribution < -0.4 is 20.5 Å². The number of methoxy groups -OCH3 is 2. The van der Waals surface area contributed by atoms with Crippen molar-refractivity contribution in [3.63, 3.8) is 0 Å². The molecule has 4 nitrogen and oxygen atoms in total. The van der Waals surface area contributed by atoms with Crippen LogP contribution in [0, 0.1) is 13.8 Å². The number of ether oxygens (including phenoxy) is 2. The van der Waals surface area contributed by atoms with Crippen LogP contribution in [0.4, 0.5) is 0 Å². The van der Waals surface area contributed by atoms with Crippen LogP contribution in [0.25, 0.3) is 16.3 Å². The third-order valence-electron chi connectivity index (χ3n) is 5.53. The highest BCUT2D eigenvalue weighted by atomic mass is 16.5. The van der Waals surface area contributed by atoms with Gasteiger partial charge in [0.15, 0.2) is 11.5 Å². The Balaban J connectivity index is 0.000000194. The van der Waals surface area contributed by atoms with Gasteiger partial charge in [0.05, 0.1) is 14.2 Å². The van der Waals surface area contributed by atoms with Crippen LogP contribution in [-0.2, 0) is 0 Å². The molecule has 3 N–H and O–H groups in total. The Hall–Kier alpha value is -3.50. The molecule has 0 saturated heterocycles. The molecule has 4 heteroatoms. The van der Waals surface area contributed by atoms with Gasteiger partial charge in [0.1, 0.15) is 6.17 Å². The van der Waals surface area contributed by atoms with Gasteiger partial charge in [-0.05, 0) is 76.9 Å². The van der Waals surface area contributed by atoms with Gasteiger partial charge < -0.3 is 20.5 Å². The zero-order valence-electron chi connectivity index (χ0n) is 18.6. The Morgan fingerprint density at radius 1 is 0.968 bits per heavy atom. The van der Waals surface area contributed by atoms with Crippen LogP contribution in [-0.4, -0.2) is 20.4 Å². The second-order valence-electron chi connectivity index (χ2n) is 7.40. The molecule has 1 heterocycles. The second kappa shape index (κ2) is 10.0. The van der Waals surface area contributed by atoms with E-state index in [-0.39, 0.29) is 6.17 Å². The highest BCUT2D eigenvalue weighted by Gasteiger charge is 2.15. The van der Waals surface area contributed by atoms with Gasteiger partial charge in [0.2, 0.25) is 0 Å². The van der Waals surface area contributed by atoms with E-state index in [0.29, 0.717) is 11.5 Å². The van der Waals surface area contributed by atoms with Gasteiger partial charge in [-0.25, -0.2) is 0 Å². The summed E-state index contributed by atoms with van der Waals surface area (Å²) in [6, 6.07) is 18.6. The molecule has 0 spiro atoms. The van der Waals surface area contributed by atoms with Crippen molar-refractivity contribution in [3.8, 4) is 11.5 Å². The SMILES string of the molecule is C=C(C1=CC=CNC1N)c1ccc(OC)c(OC)c1.Cc1ccc2ccccc2c1C. The Morgan fingerprint density at radius 3 is 2.42 bits per heavy atom. The van der Waals surface area contributed by atoms with Crippen LogP contribution in [0.3, 0.4) is 0 Å². The van der Waals surface area contributed by atoms with E-state index < -0.39 is 0 Å². The van der Waals surface area contributed by atoms with Crippen LogP contribution in [0.1, 0.15) is 16.7 Å². The zero-order valence-corrected chi connectivity index (χ0v) is 18.6. The lowest BCUT2D eigenvalue weighted by molar-refractivity contribution is 0.355. The molecule has 160 valence electrons. The average molecular weight is 415 g/mol. The molecule has 0 amide bonds. The summed E-state index contributed by atoms with van der Waals surface area (Å²) in [4.78, 5) is 0. The quantitative estimate of drug-likeness (QED) is 0.592. The first-order chi connectivity index (χ1) is 15.0. The van der Waals surface area contributed by atoms with E-state index in [1.54, 1.807) is 14.2 Å². The zero-order chi connectivity index (χ0) is 22.4. The van der Waals surface area contributed by atoms with E-state index in [0.717, 1.165) is 16.7 Å². The minimum absolute atomic E-state index is 0.245. The highest BCUT2D eigenvalue weighted by molar-refractivity contribution is 5.86. The molecule has 4 rings (SSSR count). The standard InChI is InChI=1S/C15H18N2O2.C12H12/c1-10(12-5-4-8-17-15(12)16)11-6-7-13(18-2)14(9-11)19-3;1-9-7-8-11-5-3-4-6-12(11)10(9)2/h4-9,15,17H,1,16H2,2-3H3;3-8H,1-2H3. The van der Waals surface area contributed by atoms with Gasteiger partial charge in [-0.15, -0.1) is 0 Å². The van der Waals surface area contributed by atoms with Crippen LogP contribution in [0.2, 0.25) is 0 Å². The number of rotatable bonds is 4. The Morgan fingerprint density at radius 2 is 1.71 bits per heavy atom. The van der Waals surface area contributed by atoms with Gasteiger partial charge in [0, 0.05) is 0 Å². The number of benzene rings is 3. The maximum Gasteiger partial charge on any atom is 0.161 e. The van der Waals surface area contributed by atoms with E-state index in [4.69, 9.17) is 15.2 Å². The second-order valence-corrected chi connectivity index (χ2v) is 7.40. The van der Waals surface area contributed by atoms with Crippen molar-refractivity contribution >= 4 is 16.3 Å². The molecule has 1 aliphatic rings. The summed E-state index contributed by atoms with van der Waals surface area (Å²) in [6.45, 7) is 8.44. The number of fused-ring (bicyclic) bond motifs is 1. The number of nitrogens with two attached hydrogens (primary N) is 1. The van der Waals surface area contributed by atoms with Gasteiger partial charge in [-0.3, -0.25) is 0 Å². The van der Waals surface area contributed by atoms with Crippen molar-refractivity contribution in [1.82, 2.24) is 5.32 Å². The Bertz CT molecular complexity index is 1150. The van der Waals surface area contributed by atoms with Gasteiger partial charge >= 0.3 is 0 Å². The summed E-state index contributed by atoms with van der Waals surface area (Å²) in [5.41, 5.74) is 11.5. The molecule has 1 aliphatic heterocycles. The van der Waals surface area contributed by atoms with E-state index in [9.17, 15) is 0 Å². The number of allylic oxidation sites excluding steroid dienone is 2. The summed E-state index contributed by atoms with van der Waals surface area (Å²) < 4.78 is 10.5. The van der Waals surface area contributed by atoms with Gasteiger partial charge in [-0.2, -0.15) is 0 Å². The number of hydrogen-bond donors (Lipinski definition) is 2. The molecule has 0 aliphatic carbocycles. The molecular weight excluding hydrogens is 384 g/mol. The Kier molecular flexibility index (Phi) is 7.16. The molecule has 3 aromatic carbocycles. The van der Waals surface area contributed by atoms with Crippen LogP contribution in [0.5, 0.6) is 11.5 Å². The van der Waals surface area contributed by atoms with Crippen LogP contribution in [0.15, 0.2) is 85.1 Å². The topological polar surface area (TPSA) is 56.5 Å². The van der Waals surface area contributed by atoms with Crippen molar-refractivity contribution in [3.05, 3.63) is 102 Å². The molecule has 0 saturated carbocycles. The van der Waals surface area contributed by atoms with Gasteiger partial charge in [0.25, 0.3) is 0 Å². The molecule has 3 aromatic rings. The summed E-state index contributed by atoms with van der Waals surface area (Å²) >= 11 is 0. The third-order valence-corrected chi connectivity index (χ3v) is 5.53. The van der Waals surface area contributed by atoms with E-state index in [1.807, 2.05) is 36.6 Å². The maximum atomic E-state index is 6.00. The van der Waals surface area contributed by atoms with Gasteiger partial charge in [-0.1, -0.05) is 55.1 Å². The predicted octanol–water partition coefficient (Wildman–Crippen LogP) is 5.50. The van der Waals surface area contributed by atoms with Crippen LogP contribution >= 0.6 is 0 Å². The van der Waals surface area contributed by atoms with Crippen molar-refractivity contribution in [1.29, 1.82) is 0 Å². The summed E-state index contributed by atoms with van der Waals surface area (Å²) in [6.07, 6.45) is 5.44. The molecule has 0 radical (unpaired) electrons. The fourth-order valence-corrected chi connectivity index (χ4v) is 3.52. The fraction of sp³-hybridized carbons (Fsp3) is 0.185. The third kappa shape index (κ3) is 4.98. The molecule has 1 atom stereocenters. The first kappa shape index (κ1) is 22.2. The van der Waals surface area contributed by atoms with Crippen molar-refractivity contribution < 1.29 is 9.47 Å². The smallest absolute Gasteiger partial charge is 0.161 e. The largest absolute Gasteiger partial charge is 0.493 e. The first-order valence-corrected chi connectivity index (χ1v) is 10.2. The van der Waals surface area contributed by atoms with Crippen molar-refractivity contribution in [2.75, 3.05) is 14.2 Å². The van der Waals surface area contributed by atoms with E-state index in [1.165, 1.54) is 21.9 Å². The number of nitrogens with one attached hydrogen (secondary N) is 1. The van der Waals surface area contributed by atoms with Crippen molar-refractivity contribution in [2.24, 2.45) is 5.73 Å². The first-order valence-electron chi connectivity index (χ1n) is 10.2. The lowest BCUT2D eigenvalue weighted by Crippen LogP contribution is -2.37. The summed E-state index contributed by atoms with van der Waals surface area (Å²) in [5.74, 6) is 1.37. The predicted molar refractivity (Wildman–Crippen MR) is 130 cm³/mol. The average Bonchev–Trinajstić information content (AvgIpc) is 2.81. The molecule has 0 aromatic heterocycles. The summed E-state index contributed by atoms with van der Waals surface area (Å²) in [7, 11) is 3.22. The fourth-order valence-electron chi connectivity index (χ4n) is 3.52. The Labute approximate surface area is 184 Å². The van der Waals surface area contributed by atoms with E-state index in [2.05, 4.69) is 62.1 Å². The van der Waals surface area contributed by atoms with Crippen molar-refractivity contribution in [2.45, 2.75) is 20.0 Å². The minimum atomic E-state index is -0.245. The lowest BCUT2D eigenvalue weighted by atomic mass is 9.96. The molecule has 31 heavy (non-hydrogen) atoms. The summed E-state index contributed by atoms with van der Waals surface area (Å²) in [5, 5.41) is 5.75. The number of hydrogen-bond acceptors (Lipinski definition) is 4. The maximum absolute atomic E-state index is 6.00. The number of aryl methyl sites for hydroxylation is 2. The minimum Gasteiger partial charge on any atom is -0.493 e. The molecular formula is C27H30N2O2. The highest BCUT2D eigenvalue weighted by Crippen LogP contribution is 2.32. The molecule has 0 fully saturated rings.